The molecule has 0 spiro atoms. The zero-order valence-corrected chi connectivity index (χ0v) is 12.8. The first-order valence-corrected chi connectivity index (χ1v) is 6.80. The molecule has 0 aliphatic heterocycles. The van der Waals surface area contributed by atoms with E-state index in [9.17, 15) is 9.18 Å². The molecule has 1 aromatic heterocycles. The number of hydrogen-bond acceptors (Lipinski definition) is 2. The van der Waals surface area contributed by atoms with Gasteiger partial charge in [0, 0.05) is 0 Å². The molecule has 0 atom stereocenters. The average Bonchev–Trinajstić information content (AvgIpc) is 2.34. The van der Waals surface area contributed by atoms with Gasteiger partial charge in [0.1, 0.15) is 10.3 Å². The van der Waals surface area contributed by atoms with E-state index in [1.807, 2.05) is 0 Å². The first-order chi connectivity index (χ1) is 8.49. The van der Waals surface area contributed by atoms with Crippen molar-refractivity contribution in [2.45, 2.75) is 6.54 Å². The Labute approximate surface area is 124 Å². The van der Waals surface area contributed by atoms with Gasteiger partial charge in [0.15, 0.2) is 0 Å². The topological polar surface area (TPSA) is 34.9 Å². The molecule has 0 aliphatic rings. The van der Waals surface area contributed by atoms with Gasteiger partial charge in [0.25, 0.3) is 5.56 Å². The summed E-state index contributed by atoms with van der Waals surface area (Å²) in [6, 6.07) is 4.38. The van der Waals surface area contributed by atoms with Gasteiger partial charge in [-0.1, -0.05) is 17.7 Å². The van der Waals surface area contributed by atoms with E-state index in [1.54, 1.807) is 6.07 Å². The largest absolute Gasteiger partial charge is 0.282 e. The van der Waals surface area contributed by atoms with Gasteiger partial charge in [-0.2, -0.15) is 5.10 Å². The third kappa shape index (κ3) is 2.81. The second-order valence-corrected chi connectivity index (χ2v) is 5.57. The van der Waals surface area contributed by atoms with E-state index in [0.29, 0.717) is 14.5 Å². The first kappa shape index (κ1) is 13.7. The smallest absolute Gasteiger partial charge is 0.266 e. The van der Waals surface area contributed by atoms with E-state index >= 15 is 0 Å². The van der Waals surface area contributed by atoms with Crippen LogP contribution in [0.4, 0.5) is 4.39 Å². The number of aromatic nitrogens is 2. The number of benzene rings is 1. The van der Waals surface area contributed by atoms with E-state index in [1.165, 1.54) is 23.0 Å². The second kappa shape index (κ2) is 5.50. The predicted octanol–water partition coefficient (Wildman–Crippen LogP) is 3.61. The summed E-state index contributed by atoms with van der Waals surface area (Å²) in [5.74, 6) is -0.515. The fraction of sp³-hybridized carbons (Fsp3) is 0.0909. The lowest BCUT2D eigenvalue weighted by molar-refractivity contribution is 0.608. The third-order valence-electron chi connectivity index (χ3n) is 2.26. The maximum absolute atomic E-state index is 13.3. The fourth-order valence-electron chi connectivity index (χ4n) is 1.37. The van der Waals surface area contributed by atoms with Crippen molar-refractivity contribution in [2.24, 2.45) is 0 Å². The van der Waals surface area contributed by atoms with Crippen LogP contribution in [0.2, 0.25) is 5.02 Å². The predicted molar refractivity (Wildman–Crippen MR) is 74.4 cm³/mol. The van der Waals surface area contributed by atoms with Crippen molar-refractivity contribution in [2.75, 3.05) is 0 Å². The Morgan fingerprint density at radius 2 is 2.11 bits per heavy atom. The molecule has 18 heavy (non-hydrogen) atoms. The van der Waals surface area contributed by atoms with E-state index in [0.717, 1.165) is 0 Å². The minimum absolute atomic E-state index is 0.0519. The summed E-state index contributed by atoms with van der Waals surface area (Å²) in [6.07, 6.45) is 1.50. The highest BCUT2D eigenvalue weighted by atomic mass is 79.9. The van der Waals surface area contributed by atoms with Crippen LogP contribution in [-0.2, 0) is 6.54 Å². The highest BCUT2D eigenvalue weighted by molar-refractivity contribution is 9.13. The van der Waals surface area contributed by atoms with Crippen LogP contribution in [-0.4, -0.2) is 9.78 Å². The minimum atomic E-state index is -0.515. The lowest BCUT2D eigenvalue weighted by Crippen LogP contribution is -2.24. The SMILES string of the molecule is O=c1c(Br)c(Br)cnn1Cc1ccc(Cl)c(F)c1. The van der Waals surface area contributed by atoms with E-state index in [4.69, 9.17) is 11.6 Å². The van der Waals surface area contributed by atoms with Crippen LogP contribution in [0.15, 0.2) is 38.1 Å². The summed E-state index contributed by atoms with van der Waals surface area (Å²) in [5.41, 5.74) is 0.320. The highest BCUT2D eigenvalue weighted by Gasteiger charge is 2.08. The molecule has 0 saturated carbocycles. The van der Waals surface area contributed by atoms with E-state index < -0.39 is 5.82 Å². The summed E-state index contributed by atoms with van der Waals surface area (Å²) in [4.78, 5) is 11.8. The van der Waals surface area contributed by atoms with Crippen molar-refractivity contribution in [1.82, 2.24) is 9.78 Å². The van der Waals surface area contributed by atoms with E-state index in [2.05, 4.69) is 37.0 Å². The minimum Gasteiger partial charge on any atom is -0.266 e. The van der Waals surface area contributed by atoms with Gasteiger partial charge in [-0.3, -0.25) is 4.79 Å². The Kier molecular flexibility index (Phi) is 4.19. The molecule has 0 unspecified atom stereocenters. The van der Waals surface area contributed by atoms with Crippen LogP contribution in [0.1, 0.15) is 5.56 Å². The molecule has 0 fully saturated rings. The Morgan fingerprint density at radius 3 is 2.78 bits per heavy atom. The molecule has 2 aromatic rings. The zero-order valence-electron chi connectivity index (χ0n) is 8.83. The molecule has 7 heteroatoms. The summed E-state index contributed by atoms with van der Waals surface area (Å²) in [6.45, 7) is 0.179. The zero-order chi connectivity index (χ0) is 13.3. The molecule has 94 valence electrons. The summed E-state index contributed by atoms with van der Waals surface area (Å²) < 4.78 is 15.5. The lowest BCUT2D eigenvalue weighted by Gasteiger charge is -2.06. The van der Waals surface area contributed by atoms with Crippen molar-refractivity contribution in [3.8, 4) is 0 Å². The number of nitrogens with zero attached hydrogens (tertiary/aromatic N) is 2. The van der Waals surface area contributed by atoms with Crippen molar-refractivity contribution < 1.29 is 4.39 Å². The quantitative estimate of drug-likeness (QED) is 0.777. The number of halogens is 4. The number of hydrogen-bond donors (Lipinski definition) is 0. The van der Waals surface area contributed by atoms with Crippen LogP contribution in [0, 0.1) is 5.82 Å². The third-order valence-corrected chi connectivity index (χ3v) is 4.46. The van der Waals surface area contributed by atoms with Crippen LogP contribution in [0.3, 0.4) is 0 Å². The summed E-state index contributed by atoms with van der Waals surface area (Å²) >= 11 is 11.9. The molecular formula is C11H6Br2ClFN2O. The molecule has 3 nitrogen and oxygen atoms in total. The second-order valence-electron chi connectivity index (χ2n) is 3.52. The monoisotopic (exact) mass is 394 g/mol. The van der Waals surface area contributed by atoms with E-state index in [-0.39, 0.29) is 17.1 Å². The van der Waals surface area contributed by atoms with Gasteiger partial charge in [-0.05, 0) is 49.6 Å². The Morgan fingerprint density at radius 1 is 1.39 bits per heavy atom. The molecule has 1 heterocycles. The first-order valence-electron chi connectivity index (χ1n) is 4.84. The number of rotatable bonds is 2. The normalized spacial score (nSPS) is 10.7. The van der Waals surface area contributed by atoms with Crippen molar-refractivity contribution in [3.63, 3.8) is 0 Å². The fourth-order valence-corrected chi connectivity index (χ4v) is 2.05. The molecule has 1 aromatic carbocycles. The molecule has 0 bridgehead atoms. The van der Waals surface area contributed by atoms with Crippen LogP contribution in [0.5, 0.6) is 0 Å². The molecule has 0 N–H and O–H groups in total. The van der Waals surface area contributed by atoms with Crippen molar-refractivity contribution in [3.05, 3.63) is 60.1 Å². The van der Waals surface area contributed by atoms with Crippen LogP contribution < -0.4 is 5.56 Å². The van der Waals surface area contributed by atoms with Gasteiger partial charge in [-0.15, -0.1) is 0 Å². The summed E-state index contributed by atoms with van der Waals surface area (Å²) in [7, 11) is 0. The molecule has 0 amide bonds. The Bertz CT molecular complexity index is 660. The maximum atomic E-state index is 13.3. The molecule has 0 radical (unpaired) electrons. The summed E-state index contributed by atoms with van der Waals surface area (Å²) in [5, 5.41) is 4.01. The van der Waals surface area contributed by atoms with Gasteiger partial charge in [-0.25, -0.2) is 9.07 Å². The lowest BCUT2D eigenvalue weighted by atomic mass is 10.2. The van der Waals surface area contributed by atoms with Gasteiger partial charge >= 0.3 is 0 Å². The van der Waals surface area contributed by atoms with Crippen LogP contribution >= 0.6 is 43.5 Å². The average molecular weight is 396 g/mol. The molecule has 0 saturated heterocycles. The molecule has 0 aliphatic carbocycles. The maximum Gasteiger partial charge on any atom is 0.282 e. The Balaban J connectivity index is 2.37. The van der Waals surface area contributed by atoms with Crippen LogP contribution in [0.25, 0.3) is 0 Å². The highest BCUT2D eigenvalue weighted by Crippen LogP contribution is 2.18. The standard InChI is InChI=1S/C11H6Br2ClFN2O/c12-7-4-16-17(11(18)10(7)13)5-6-1-2-8(14)9(15)3-6/h1-4H,5H2. The molecule has 2 rings (SSSR count). The van der Waals surface area contributed by atoms with Gasteiger partial charge in [0.2, 0.25) is 0 Å². The van der Waals surface area contributed by atoms with Gasteiger partial charge < -0.3 is 0 Å². The Hall–Kier alpha value is -0.720. The van der Waals surface area contributed by atoms with Crippen molar-refractivity contribution >= 4 is 43.5 Å². The van der Waals surface area contributed by atoms with Crippen molar-refractivity contribution in [1.29, 1.82) is 0 Å². The van der Waals surface area contributed by atoms with Gasteiger partial charge in [0.05, 0.1) is 22.2 Å². The molecular weight excluding hydrogens is 390 g/mol.